The fraction of sp³-hybridized carbons (Fsp3) is 0.600. The number of carbonyl (C=O) groups excluding carboxylic acids is 1. The molecular weight excluding hydrogens is 256 g/mol. The molecule has 1 saturated heterocycles. The third-order valence-electron chi connectivity index (χ3n) is 3.68. The first-order valence-corrected chi connectivity index (χ1v) is 7.12. The monoisotopic (exact) mass is 278 g/mol. The summed E-state index contributed by atoms with van der Waals surface area (Å²) in [6.45, 7) is 7.80. The molecule has 5 heteroatoms. The van der Waals surface area contributed by atoms with Crippen molar-refractivity contribution < 1.29 is 9.53 Å². The molecule has 2 heterocycles. The Hall–Kier alpha value is -1.62. The first-order chi connectivity index (χ1) is 9.49. The van der Waals surface area contributed by atoms with E-state index in [4.69, 9.17) is 4.74 Å². The zero-order valence-electron chi connectivity index (χ0n) is 12.3. The third kappa shape index (κ3) is 3.28. The second kappa shape index (κ2) is 6.22. The minimum Gasteiger partial charge on any atom is -0.380 e. The Labute approximate surface area is 118 Å². The number of pyridine rings is 1. The maximum atomic E-state index is 12.6. The lowest BCUT2D eigenvalue weighted by Crippen LogP contribution is -2.39. The molecule has 1 N–H and O–H groups in total. The molecule has 1 atom stereocenters. The second-order valence-electron chi connectivity index (χ2n) is 5.59. The van der Waals surface area contributed by atoms with Gasteiger partial charge < -0.3 is 14.6 Å². The van der Waals surface area contributed by atoms with Crippen LogP contribution in [0.5, 0.6) is 0 Å². The van der Waals surface area contributed by atoms with E-state index in [0.29, 0.717) is 25.3 Å². The summed E-state index contributed by atoms with van der Waals surface area (Å²) in [5.74, 6) is 0.0938. The molecule has 0 radical (unpaired) electrons. The van der Waals surface area contributed by atoms with Gasteiger partial charge in [-0.05, 0) is 25.3 Å². The summed E-state index contributed by atoms with van der Waals surface area (Å²) in [5.41, 5.74) is 1.03. The molecule has 0 spiro atoms. The molecule has 110 valence electrons. The SMILES string of the molecule is CC(C)c1cc(C(=O)N2CCOCCC2C)cc(=O)[nH]1. The number of aromatic amines is 1. The standard InChI is InChI=1S/C15H22N2O3/c1-10(2)13-8-12(9-14(18)16-13)15(19)17-5-7-20-6-4-11(17)3/h8-11H,4-7H2,1-3H3,(H,16,18). The van der Waals surface area contributed by atoms with Gasteiger partial charge in [0.05, 0.1) is 6.61 Å². The van der Waals surface area contributed by atoms with Crippen molar-refractivity contribution in [1.82, 2.24) is 9.88 Å². The summed E-state index contributed by atoms with van der Waals surface area (Å²) in [6, 6.07) is 3.30. The topological polar surface area (TPSA) is 62.4 Å². The van der Waals surface area contributed by atoms with E-state index in [1.54, 1.807) is 11.0 Å². The molecule has 1 amide bonds. The van der Waals surface area contributed by atoms with Crippen LogP contribution in [0, 0.1) is 0 Å². The number of nitrogens with zero attached hydrogens (tertiary/aromatic N) is 1. The molecule has 1 fully saturated rings. The van der Waals surface area contributed by atoms with Gasteiger partial charge in [-0.15, -0.1) is 0 Å². The number of H-pyrrole nitrogens is 1. The van der Waals surface area contributed by atoms with Crippen molar-refractivity contribution in [3.8, 4) is 0 Å². The number of aromatic nitrogens is 1. The van der Waals surface area contributed by atoms with Gasteiger partial charge in [-0.3, -0.25) is 9.59 Å². The second-order valence-corrected chi connectivity index (χ2v) is 5.59. The van der Waals surface area contributed by atoms with Crippen LogP contribution in [0.2, 0.25) is 0 Å². The zero-order valence-corrected chi connectivity index (χ0v) is 12.3. The lowest BCUT2D eigenvalue weighted by molar-refractivity contribution is 0.0687. The van der Waals surface area contributed by atoms with Gasteiger partial charge in [-0.1, -0.05) is 13.8 Å². The summed E-state index contributed by atoms with van der Waals surface area (Å²) in [7, 11) is 0. The molecule has 1 unspecified atom stereocenters. The van der Waals surface area contributed by atoms with Crippen molar-refractivity contribution in [2.75, 3.05) is 19.8 Å². The van der Waals surface area contributed by atoms with Gasteiger partial charge >= 0.3 is 0 Å². The summed E-state index contributed by atoms with van der Waals surface area (Å²) in [6.07, 6.45) is 0.825. The maximum Gasteiger partial charge on any atom is 0.254 e. The molecule has 20 heavy (non-hydrogen) atoms. The smallest absolute Gasteiger partial charge is 0.254 e. The van der Waals surface area contributed by atoms with E-state index >= 15 is 0 Å². The van der Waals surface area contributed by atoms with E-state index in [0.717, 1.165) is 12.1 Å². The average molecular weight is 278 g/mol. The summed E-state index contributed by atoms with van der Waals surface area (Å²) >= 11 is 0. The lowest BCUT2D eigenvalue weighted by atomic mass is 10.1. The summed E-state index contributed by atoms with van der Waals surface area (Å²) < 4.78 is 5.41. The van der Waals surface area contributed by atoms with E-state index in [1.165, 1.54) is 6.07 Å². The Balaban J connectivity index is 2.30. The molecule has 1 aliphatic rings. The van der Waals surface area contributed by atoms with Crippen molar-refractivity contribution in [2.45, 2.75) is 39.2 Å². The largest absolute Gasteiger partial charge is 0.380 e. The number of hydrogen-bond acceptors (Lipinski definition) is 3. The molecule has 2 rings (SSSR count). The number of ether oxygens (including phenoxy) is 1. The molecule has 0 aromatic carbocycles. The third-order valence-corrected chi connectivity index (χ3v) is 3.68. The molecule has 0 aliphatic carbocycles. The Kier molecular flexibility index (Phi) is 4.60. The Morgan fingerprint density at radius 3 is 2.85 bits per heavy atom. The van der Waals surface area contributed by atoms with Gasteiger partial charge in [0, 0.05) is 36.5 Å². The number of hydrogen-bond donors (Lipinski definition) is 1. The van der Waals surface area contributed by atoms with Gasteiger partial charge in [0.2, 0.25) is 5.56 Å². The van der Waals surface area contributed by atoms with Gasteiger partial charge in [-0.25, -0.2) is 0 Å². The maximum absolute atomic E-state index is 12.6. The van der Waals surface area contributed by atoms with E-state index in [9.17, 15) is 9.59 Å². The van der Waals surface area contributed by atoms with Crippen LogP contribution in [0.15, 0.2) is 16.9 Å². The van der Waals surface area contributed by atoms with Crippen molar-refractivity contribution >= 4 is 5.91 Å². The van der Waals surface area contributed by atoms with Crippen LogP contribution in [0.25, 0.3) is 0 Å². The van der Waals surface area contributed by atoms with Crippen molar-refractivity contribution in [3.05, 3.63) is 33.7 Å². The van der Waals surface area contributed by atoms with Gasteiger partial charge in [0.25, 0.3) is 5.91 Å². The number of nitrogens with one attached hydrogen (secondary N) is 1. The molecule has 0 bridgehead atoms. The van der Waals surface area contributed by atoms with E-state index in [2.05, 4.69) is 4.98 Å². The fourth-order valence-corrected chi connectivity index (χ4v) is 2.36. The van der Waals surface area contributed by atoms with Crippen LogP contribution in [0.4, 0.5) is 0 Å². The van der Waals surface area contributed by atoms with Crippen LogP contribution in [-0.4, -0.2) is 41.6 Å². The highest BCUT2D eigenvalue weighted by Crippen LogP contribution is 2.16. The van der Waals surface area contributed by atoms with E-state index in [1.807, 2.05) is 20.8 Å². The molecule has 0 saturated carbocycles. The molecule has 5 nitrogen and oxygen atoms in total. The van der Waals surface area contributed by atoms with Crippen LogP contribution in [-0.2, 0) is 4.74 Å². The summed E-state index contributed by atoms with van der Waals surface area (Å²) in [5, 5.41) is 0. The van der Waals surface area contributed by atoms with E-state index < -0.39 is 0 Å². The lowest BCUT2D eigenvalue weighted by Gasteiger charge is -2.26. The fourth-order valence-electron chi connectivity index (χ4n) is 2.36. The number of carbonyl (C=O) groups is 1. The highest BCUT2D eigenvalue weighted by molar-refractivity contribution is 5.94. The highest BCUT2D eigenvalue weighted by atomic mass is 16.5. The zero-order chi connectivity index (χ0) is 14.7. The van der Waals surface area contributed by atoms with Crippen molar-refractivity contribution in [1.29, 1.82) is 0 Å². The Bertz CT molecular complexity index is 536. The van der Waals surface area contributed by atoms with E-state index in [-0.39, 0.29) is 23.4 Å². The highest BCUT2D eigenvalue weighted by Gasteiger charge is 2.24. The quantitative estimate of drug-likeness (QED) is 0.896. The van der Waals surface area contributed by atoms with Gasteiger partial charge in [-0.2, -0.15) is 0 Å². The van der Waals surface area contributed by atoms with Crippen LogP contribution >= 0.6 is 0 Å². The average Bonchev–Trinajstić information content (AvgIpc) is 2.62. The Morgan fingerprint density at radius 1 is 1.40 bits per heavy atom. The van der Waals surface area contributed by atoms with Crippen LogP contribution in [0.3, 0.4) is 0 Å². The predicted molar refractivity (Wildman–Crippen MR) is 77.1 cm³/mol. The molecule has 1 aromatic rings. The first-order valence-electron chi connectivity index (χ1n) is 7.12. The Morgan fingerprint density at radius 2 is 2.15 bits per heavy atom. The van der Waals surface area contributed by atoms with Crippen molar-refractivity contribution in [3.63, 3.8) is 0 Å². The summed E-state index contributed by atoms with van der Waals surface area (Å²) in [4.78, 5) is 28.9. The van der Waals surface area contributed by atoms with Gasteiger partial charge in [0.1, 0.15) is 0 Å². The molecular formula is C15H22N2O3. The minimum atomic E-state index is -0.224. The normalized spacial score (nSPS) is 20.0. The number of rotatable bonds is 2. The van der Waals surface area contributed by atoms with Crippen LogP contribution in [0.1, 0.15) is 49.2 Å². The predicted octanol–water partition coefficient (Wildman–Crippen LogP) is 1.75. The molecule has 1 aliphatic heterocycles. The number of amides is 1. The first kappa shape index (κ1) is 14.8. The molecule has 1 aromatic heterocycles. The van der Waals surface area contributed by atoms with Crippen LogP contribution < -0.4 is 5.56 Å². The van der Waals surface area contributed by atoms with Crippen molar-refractivity contribution in [2.24, 2.45) is 0 Å². The minimum absolute atomic E-state index is 0.0870. The van der Waals surface area contributed by atoms with Gasteiger partial charge in [0.15, 0.2) is 0 Å².